The quantitative estimate of drug-likeness (QED) is 0.598. The molecule has 0 bridgehead atoms. The van der Waals surface area contributed by atoms with E-state index in [1.54, 1.807) is 0 Å². The first-order valence-electron chi connectivity index (χ1n) is 5.69. The lowest BCUT2D eigenvalue weighted by Gasteiger charge is -2.17. The first kappa shape index (κ1) is 11.8. The minimum Gasteiger partial charge on any atom is -0.482 e. The summed E-state index contributed by atoms with van der Waals surface area (Å²) in [6, 6.07) is 1.51. The van der Waals surface area contributed by atoms with E-state index in [9.17, 15) is 10.1 Å². The molecule has 0 unspecified atom stereocenters. The molecule has 0 spiro atoms. The van der Waals surface area contributed by atoms with E-state index in [1.165, 1.54) is 12.3 Å². The van der Waals surface area contributed by atoms with E-state index in [0.717, 1.165) is 12.8 Å². The van der Waals surface area contributed by atoms with Gasteiger partial charge in [0, 0.05) is 11.5 Å². The fourth-order valence-electron chi connectivity index (χ4n) is 1.44. The zero-order valence-corrected chi connectivity index (χ0v) is 10.3. The van der Waals surface area contributed by atoms with Gasteiger partial charge in [0.15, 0.2) is 0 Å². The molecule has 0 radical (unpaired) electrons. The zero-order valence-electron chi connectivity index (χ0n) is 10.3. The van der Waals surface area contributed by atoms with Crippen LogP contribution >= 0.6 is 0 Å². The molecule has 0 N–H and O–H groups in total. The molecule has 1 aromatic rings. The number of aromatic nitrogens is 1. The highest BCUT2D eigenvalue weighted by Crippen LogP contribution is 2.35. The van der Waals surface area contributed by atoms with Crippen molar-refractivity contribution in [1.29, 1.82) is 0 Å². The third-order valence-electron chi connectivity index (χ3n) is 2.63. The number of ether oxygens (including phenoxy) is 1. The van der Waals surface area contributed by atoms with Crippen LogP contribution in [-0.4, -0.2) is 16.0 Å². The van der Waals surface area contributed by atoms with Crippen LogP contribution in [-0.2, 0) is 5.41 Å². The Balaban J connectivity index is 2.36. The number of nitrogens with zero attached hydrogens (tertiary/aromatic N) is 2. The number of nitro groups is 1. The van der Waals surface area contributed by atoms with Crippen LogP contribution in [0.2, 0.25) is 0 Å². The average Bonchev–Trinajstić information content (AvgIpc) is 3.00. The molecule has 5 nitrogen and oxygen atoms in total. The smallest absolute Gasteiger partial charge is 0.314 e. The summed E-state index contributed by atoms with van der Waals surface area (Å²) in [4.78, 5) is 14.8. The lowest BCUT2D eigenvalue weighted by Crippen LogP contribution is -2.14. The molecule has 1 fully saturated rings. The van der Waals surface area contributed by atoms with E-state index in [2.05, 4.69) is 4.98 Å². The Labute approximate surface area is 100.0 Å². The standard InChI is InChI=1S/C12H16N2O3/c1-12(2,3)11-6-9(14(15)16)10(7-13-11)17-8-4-5-8/h6-8H,4-5H2,1-3H3. The van der Waals surface area contributed by atoms with Crippen molar-refractivity contribution >= 4 is 5.69 Å². The van der Waals surface area contributed by atoms with Gasteiger partial charge in [0.1, 0.15) is 0 Å². The van der Waals surface area contributed by atoms with Gasteiger partial charge in [-0.3, -0.25) is 15.1 Å². The van der Waals surface area contributed by atoms with Gasteiger partial charge in [-0.1, -0.05) is 20.8 Å². The van der Waals surface area contributed by atoms with E-state index in [4.69, 9.17) is 4.74 Å². The van der Waals surface area contributed by atoms with Gasteiger partial charge in [-0.2, -0.15) is 0 Å². The second-order valence-electron chi connectivity index (χ2n) is 5.36. The van der Waals surface area contributed by atoms with Crippen molar-refractivity contribution in [3.63, 3.8) is 0 Å². The van der Waals surface area contributed by atoms with Gasteiger partial charge in [-0.05, 0) is 12.8 Å². The maximum Gasteiger partial charge on any atom is 0.314 e. The van der Waals surface area contributed by atoms with E-state index < -0.39 is 4.92 Å². The molecule has 2 rings (SSSR count). The molecule has 5 heteroatoms. The SMILES string of the molecule is CC(C)(C)c1cc([N+](=O)[O-])c(OC2CC2)cn1. The summed E-state index contributed by atoms with van der Waals surface area (Å²) < 4.78 is 5.48. The number of rotatable bonds is 3. The lowest BCUT2D eigenvalue weighted by atomic mass is 9.91. The van der Waals surface area contributed by atoms with E-state index in [0.29, 0.717) is 5.69 Å². The first-order chi connectivity index (χ1) is 7.88. The summed E-state index contributed by atoms with van der Waals surface area (Å²) in [5.74, 6) is 0.283. The summed E-state index contributed by atoms with van der Waals surface area (Å²) in [5.41, 5.74) is 0.507. The van der Waals surface area contributed by atoms with Crippen molar-refractivity contribution in [3.05, 3.63) is 28.1 Å². The predicted octanol–water partition coefficient (Wildman–Crippen LogP) is 2.83. The fraction of sp³-hybridized carbons (Fsp3) is 0.583. The second kappa shape index (κ2) is 3.98. The molecule has 1 heterocycles. The first-order valence-corrected chi connectivity index (χ1v) is 5.69. The van der Waals surface area contributed by atoms with Crippen LogP contribution < -0.4 is 4.74 Å². The van der Waals surface area contributed by atoms with Crippen LogP contribution in [0.5, 0.6) is 5.75 Å². The monoisotopic (exact) mass is 236 g/mol. The molecular formula is C12H16N2O3. The second-order valence-corrected chi connectivity index (χ2v) is 5.36. The van der Waals surface area contributed by atoms with Gasteiger partial charge in [0.2, 0.25) is 5.75 Å². The van der Waals surface area contributed by atoms with Gasteiger partial charge in [-0.25, -0.2) is 0 Å². The third kappa shape index (κ3) is 2.72. The van der Waals surface area contributed by atoms with Crippen molar-refractivity contribution in [1.82, 2.24) is 4.98 Å². The summed E-state index contributed by atoms with van der Waals surface area (Å²) >= 11 is 0. The van der Waals surface area contributed by atoms with Crippen molar-refractivity contribution in [2.45, 2.75) is 45.1 Å². The van der Waals surface area contributed by atoms with Gasteiger partial charge in [0.25, 0.3) is 0 Å². The molecule has 1 aliphatic carbocycles. The number of pyridine rings is 1. The summed E-state index contributed by atoms with van der Waals surface area (Å²) in [5, 5.41) is 11.0. The number of hydrogen-bond acceptors (Lipinski definition) is 4. The summed E-state index contributed by atoms with van der Waals surface area (Å²) in [7, 11) is 0. The third-order valence-corrected chi connectivity index (χ3v) is 2.63. The number of hydrogen-bond donors (Lipinski definition) is 0. The zero-order chi connectivity index (χ0) is 12.6. The minimum atomic E-state index is -0.408. The molecule has 0 amide bonds. The Kier molecular flexibility index (Phi) is 2.77. The normalized spacial score (nSPS) is 15.7. The van der Waals surface area contributed by atoms with Crippen LogP contribution in [0.1, 0.15) is 39.3 Å². The van der Waals surface area contributed by atoms with E-state index >= 15 is 0 Å². The molecule has 92 valence electrons. The van der Waals surface area contributed by atoms with Crippen LogP contribution in [0.25, 0.3) is 0 Å². The predicted molar refractivity (Wildman–Crippen MR) is 63.2 cm³/mol. The van der Waals surface area contributed by atoms with Crippen molar-refractivity contribution in [3.8, 4) is 5.75 Å². The molecule has 0 aliphatic heterocycles. The van der Waals surface area contributed by atoms with Crippen LogP contribution in [0, 0.1) is 10.1 Å². The Bertz CT molecular complexity index is 448. The molecule has 17 heavy (non-hydrogen) atoms. The highest BCUT2D eigenvalue weighted by molar-refractivity contribution is 5.46. The highest BCUT2D eigenvalue weighted by Gasteiger charge is 2.29. The van der Waals surface area contributed by atoms with Gasteiger partial charge in [-0.15, -0.1) is 0 Å². The minimum absolute atomic E-state index is 0.0109. The molecule has 0 saturated heterocycles. The molecule has 0 atom stereocenters. The van der Waals surface area contributed by atoms with E-state index in [-0.39, 0.29) is 23.0 Å². The maximum atomic E-state index is 11.0. The molecule has 1 saturated carbocycles. The molecule has 1 aliphatic rings. The molecule has 1 aromatic heterocycles. The largest absolute Gasteiger partial charge is 0.482 e. The summed E-state index contributed by atoms with van der Waals surface area (Å²) in [6.07, 6.45) is 3.55. The van der Waals surface area contributed by atoms with Gasteiger partial charge >= 0.3 is 5.69 Å². The topological polar surface area (TPSA) is 65.3 Å². The van der Waals surface area contributed by atoms with Crippen molar-refractivity contribution in [2.24, 2.45) is 0 Å². The van der Waals surface area contributed by atoms with Crippen LogP contribution in [0.3, 0.4) is 0 Å². The van der Waals surface area contributed by atoms with E-state index in [1.807, 2.05) is 20.8 Å². The van der Waals surface area contributed by atoms with Crippen LogP contribution in [0.15, 0.2) is 12.3 Å². The summed E-state index contributed by atoms with van der Waals surface area (Å²) in [6.45, 7) is 5.92. The Morgan fingerprint density at radius 1 is 1.47 bits per heavy atom. The maximum absolute atomic E-state index is 11.0. The highest BCUT2D eigenvalue weighted by atomic mass is 16.6. The Morgan fingerprint density at radius 2 is 2.12 bits per heavy atom. The molecular weight excluding hydrogens is 220 g/mol. The average molecular weight is 236 g/mol. The molecule has 0 aromatic carbocycles. The van der Waals surface area contributed by atoms with Crippen LogP contribution in [0.4, 0.5) is 5.69 Å². The van der Waals surface area contributed by atoms with Gasteiger partial charge in [0.05, 0.1) is 22.9 Å². The fourth-order valence-corrected chi connectivity index (χ4v) is 1.44. The lowest BCUT2D eigenvalue weighted by molar-refractivity contribution is -0.386. The van der Waals surface area contributed by atoms with Gasteiger partial charge < -0.3 is 4.74 Å². The Morgan fingerprint density at radius 3 is 2.59 bits per heavy atom. The van der Waals surface area contributed by atoms with Crippen molar-refractivity contribution < 1.29 is 9.66 Å². The van der Waals surface area contributed by atoms with Crippen molar-refractivity contribution in [2.75, 3.05) is 0 Å². The Hall–Kier alpha value is -1.65.